The lowest BCUT2D eigenvalue weighted by Crippen LogP contribution is -2.61. The Morgan fingerprint density at radius 2 is 0.910 bits per heavy atom. The Hall–Kier alpha value is -6.00. The second-order valence-electron chi connectivity index (χ2n) is 31.0. The Kier molecular flexibility index (Phi) is 10.8. The highest BCUT2D eigenvalue weighted by Gasteiger charge is 2.50. The summed E-state index contributed by atoms with van der Waals surface area (Å²) in [5.74, 6) is 0.954. The molecule has 0 spiro atoms. The van der Waals surface area contributed by atoms with Crippen molar-refractivity contribution in [1.29, 1.82) is 0 Å². The second-order valence-corrected chi connectivity index (χ2v) is 31.0. The van der Waals surface area contributed by atoms with Crippen molar-refractivity contribution in [3.05, 3.63) is 160 Å². The largest absolute Gasteiger partial charge is 0.440 e. The van der Waals surface area contributed by atoms with Gasteiger partial charge in [0.15, 0.2) is 0 Å². The molecule has 13 rings (SSSR count). The van der Waals surface area contributed by atoms with Crippen molar-refractivity contribution in [3.63, 3.8) is 0 Å². The molecule has 0 N–H and O–H groups in total. The summed E-state index contributed by atoms with van der Waals surface area (Å²) in [4.78, 5) is 5.33. The van der Waals surface area contributed by atoms with Crippen LogP contribution in [0.5, 0.6) is 0 Å². The van der Waals surface area contributed by atoms with E-state index in [1.54, 1.807) is 0 Å². The van der Waals surface area contributed by atoms with Crippen LogP contribution in [0.3, 0.4) is 0 Å². The number of hydrogen-bond acceptors (Lipinski definition) is 3. The average molecular weight is 1030 g/mol. The maximum absolute atomic E-state index is 7.82. The van der Waals surface area contributed by atoms with E-state index in [9.17, 15) is 0 Å². The highest BCUT2D eigenvalue weighted by Crippen LogP contribution is 2.55. The van der Waals surface area contributed by atoms with E-state index >= 15 is 0 Å². The van der Waals surface area contributed by atoms with Gasteiger partial charge in [0.2, 0.25) is 5.88 Å². The Morgan fingerprint density at radius 1 is 0.410 bits per heavy atom. The number of nitrogens with zero attached hydrogens (tertiary/aromatic N) is 2. The lowest BCUT2D eigenvalue weighted by molar-refractivity contribution is 0.332. The second kappa shape index (κ2) is 16.3. The molecule has 0 atom stereocenters. The summed E-state index contributed by atoms with van der Waals surface area (Å²) in [7, 11) is 0. The van der Waals surface area contributed by atoms with Gasteiger partial charge in [-0.05, 0) is 214 Å². The first-order chi connectivity index (χ1) is 36.4. The highest BCUT2D eigenvalue weighted by atomic mass is 16.4. The molecule has 7 aromatic carbocycles. The number of benzene rings is 7. The Balaban J connectivity index is 1.23. The molecule has 400 valence electrons. The van der Waals surface area contributed by atoms with E-state index in [1.165, 1.54) is 117 Å². The first kappa shape index (κ1) is 51.4. The van der Waals surface area contributed by atoms with E-state index in [0.717, 1.165) is 49.3 Å². The van der Waals surface area contributed by atoms with E-state index < -0.39 is 0 Å². The van der Waals surface area contributed by atoms with Gasteiger partial charge in [0.25, 0.3) is 6.71 Å². The third kappa shape index (κ3) is 7.63. The van der Waals surface area contributed by atoms with Crippen molar-refractivity contribution < 1.29 is 4.42 Å². The number of hydrogen-bond donors (Lipinski definition) is 0. The number of furan rings is 1. The first-order valence-corrected chi connectivity index (χ1v) is 29.7. The summed E-state index contributed by atoms with van der Waals surface area (Å²) in [6.07, 6.45) is 6.91. The molecule has 1 aromatic heterocycles. The van der Waals surface area contributed by atoms with E-state index in [-0.39, 0.29) is 50.0 Å². The summed E-state index contributed by atoms with van der Waals surface area (Å²) >= 11 is 0. The van der Waals surface area contributed by atoms with Crippen LogP contribution in [0.15, 0.2) is 120 Å². The maximum atomic E-state index is 7.82. The fraction of sp³-hybridized carbons (Fsp3) is 0.432. The van der Waals surface area contributed by atoms with Gasteiger partial charge in [0.1, 0.15) is 5.58 Å². The van der Waals surface area contributed by atoms with Crippen molar-refractivity contribution in [2.24, 2.45) is 0 Å². The highest BCUT2D eigenvalue weighted by molar-refractivity contribution is 7.01. The molecular weight excluding hydrogens is 944 g/mol. The SMILES string of the molecule is CC(C)(C)c1cc(N2c3cc4c(cc3B3c5c2cc(-c2cccc6ccccc26)cc5N(c2ccc5c(c2)C(C)(C)CCC5(C)C)c2oc5cc6c(cc5c23)C(C)(C)CCC6(C)C)C(C)(C)CCC4(C)C)cc(C(C)(C)C)c1. The molecule has 3 heterocycles. The molecule has 2 aliphatic heterocycles. The van der Waals surface area contributed by atoms with Crippen LogP contribution in [0.2, 0.25) is 0 Å². The molecule has 0 saturated heterocycles. The van der Waals surface area contributed by atoms with Crippen LogP contribution in [0, 0.1) is 0 Å². The van der Waals surface area contributed by atoms with E-state index in [4.69, 9.17) is 4.42 Å². The molecule has 0 bridgehead atoms. The zero-order chi connectivity index (χ0) is 55.4. The van der Waals surface area contributed by atoms with Gasteiger partial charge in [-0.2, -0.15) is 0 Å². The maximum Gasteiger partial charge on any atom is 0.257 e. The Labute approximate surface area is 468 Å². The third-order valence-electron chi connectivity index (χ3n) is 20.7. The minimum atomic E-state index is -0.111. The van der Waals surface area contributed by atoms with Crippen LogP contribution in [-0.2, 0) is 43.3 Å². The third-order valence-corrected chi connectivity index (χ3v) is 20.7. The molecular formula is C74H85BN2O. The van der Waals surface area contributed by atoms with Crippen molar-refractivity contribution in [2.75, 3.05) is 9.80 Å². The van der Waals surface area contributed by atoms with Crippen LogP contribution in [-0.4, -0.2) is 6.71 Å². The van der Waals surface area contributed by atoms with Crippen LogP contribution >= 0.6 is 0 Å². The molecule has 3 aliphatic carbocycles. The predicted octanol–water partition coefficient (Wildman–Crippen LogP) is 19.0. The number of rotatable bonds is 3. The predicted molar refractivity (Wildman–Crippen MR) is 336 cm³/mol. The van der Waals surface area contributed by atoms with Crippen molar-refractivity contribution in [1.82, 2.24) is 0 Å². The molecule has 0 amide bonds. The molecule has 0 unspecified atom stereocenters. The van der Waals surface area contributed by atoms with Crippen LogP contribution in [0.4, 0.5) is 34.3 Å². The van der Waals surface area contributed by atoms with Crippen LogP contribution in [0.25, 0.3) is 32.9 Å². The molecule has 0 radical (unpaired) electrons. The smallest absolute Gasteiger partial charge is 0.257 e. The minimum absolute atomic E-state index is 0.00200. The van der Waals surface area contributed by atoms with Crippen molar-refractivity contribution >= 4 is 79.2 Å². The normalized spacial score (nSPS) is 19.9. The van der Waals surface area contributed by atoms with Gasteiger partial charge in [0.05, 0.1) is 0 Å². The lowest BCUT2D eigenvalue weighted by Gasteiger charge is -2.47. The summed E-state index contributed by atoms with van der Waals surface area (Å²) in [6.45, 7) is 43.9. The summed E-state index contributed by atoms with van der Waals surface area (Å²) in [5, 5.41) is 3.76. The monoisotopic (exact) mass is 1030 g/mol. The van der Waals surface area contributed by atoms with Gasteiger partial charge in [-0.25, -0.2) is 0 Å². The van der Waals surface area contributed by atoms with Crippen molar-refractivity contribution in [3.8, 4) is 11.1 Å². The first-order valence-electron chi connectivity index (χ1n) is 29.7. The van der Waals surface area contributed by atoms with Gasteiger partial charge < -0.3 is 9.32 Å². The van der Waals surface area contributed by atoms with Crippen LogP contribution in [0.1, 0.15) is 208 Å². The van der Waals surface area contributed by atoms with Gasteiger partial charge in [-0.3, -0.25) is 4.90 Å². The summed E-state index contributed by atoms with van der Waals surface area (Å²) in [6, 6.07) is 46.5. The molecule has 5 aliphatic rings. The average Bonchev–Trinajstić information content (AvgIpc) is 1.98. The molecule has 8 aromatic rings. The van der Waals surface area contributed by atoms with Crippen LogP contribution < -0.4 is 26.2 Å². The molecule has 0 saturated carbocycles. The van der Waals surface area contributed by atoms with Crippen molar-refractivity contribution in [2.45, 2.75) is 206 Å². The molecule has 4 heteroatoms. The van der Waals surface area contributed by atoms with Gasteiger partial charge in [-0.1, -0.05) is 185 Å². The Bertz CT molecular complexity index is 3820. The van der Waals surface area contributed by atoms with Gasteiger partial charge in [-0.15, -0.1) is 0 Å². The summed E-state index contributed by atoms with van der Waals surface area (Å²) < 4.78 is 7.82. The molecule has 0 fully saturated rings. The zero-order valence-electron chi connectivity index (χ0n) is 50.6. The zero-order valence-corrected chi connectivity index (χ0v) is 50.6. The number of fused-ring (bicyclic) bond motifs is 10. The van der Waals surface area contributed by atoms with E-state index in [1.807, 2.05) is 0 Å². The minimum Gasteiger partial charge on any atom is -0.440 e. The quantitative estimate of drug-likeness (QED) is 0.164. The fourth-order valence-electron chi connectivity index (χ4n) is 15.1. The topological polar surface area (TPSA) is 19.6 Å². The number of anilines is 6. The Morgan fingerprint density at radius 3 is 1.50 bits per heavy atom. The lowest BCUT2D eigenvalue weighted by atomic mass is 9.33. The molecule has 3 nitrogen and oxygen atoms in total. The van der Waals surface area contributed by atoms with Gasteiger partial charge >= 0.3 is 0 Å². The standard InChI is InChI=1S/C74H85BN2O/c1-67(2,3)46-36-47(68(4,5)6)38-49(37-46)76-60-42-57-56(72(13,14)31-32-73(57,15)16)41-59(60)75-64-52-40-55-58(74(17,18)33-30-71(55,11)12)43-63(52)78-66(64)77(48-26-27-53-54(39-48)70(9,10)29-28-69(53,7)8)62-35-45(34-61(76)65(62)75)51-25-21-23-44-22-19-20-24-50(44)51/h19-27,34-43H,28-33H2,1-18H3. The fourth-order valence-corrected chi connectivity index (χ4v) is 15.1. The van der Waals surface area contributed by atoms with Gasteiger partial charge in [0, 0.05) is 39.3 Å². The van der Waals surface area contributed by atoms with E-state index in [0.29, 0.717) is 0 Å². The van der Waals surface area contributed by atoms with E-state index in [2.05, 4.69) is 250 Å². The molecule has 78 heavy (non-hydrogen) atoms. The summed E-state index contributed by atoms with van der Waals surface area (Å²) in [5.41, 5.74) is 25.0.